The van der Waals surface area contributed by atoms with E-state index in [0.717, 1.165) is 0 Å². The Balaban J connectivity index is 2.11. The zero-order chi connectivity index (χ0) is 15.0. The molecule has 3 aromatic rings. The summed E-state index contributed by atoms with van der Waals surface area (Å²) in [5.41, 5.74) is 1.59. The molecule has 0 radical (unpaired) electrons. The third kappa shape index (κ3) is 2.20. The van der Waals surface area contributed by atoms with E-state index in [4.69, 9.17) is 5.11 Å². The van der Waals surface area contributed by atoms with Gasteiger partial charge in [-0.1, -0.05) is 18.2 Å². The maximum atomic E-state index is 11.0. The summed E-state index contributed by atoms with van der Waals surface area (Å²) in [5.74, 6) is -0.557. The lowest BCUT2D eigenvalue weighted by molar-refractivity contribution is -0.383. The van der Waals surface area contributed by atoms with Crippen molar-refractivity contribution >= 4 is 22.7 Å². The van der Waals surface area contributed by atoms with E-state index in [9.17, 15) is 14.9 Å². The van der Waals surface area contributed by atoms with E-state index in [1.807, 2.05) is 0 Å². The second-order valence-corrected chi connectivity index (χ2v) is 4.40. The molecule has 0 atom stereocenters. The van der Waals surface area contributed by atoms with E-state index in [1.54, 1.807) is 24.3 Å². The predicted molar refractivity (Wildman–Crippen MR) is 75.1 cm³/mol. The zero-order valence-electron chi connectivity index (χ0n) is 10.6. The highest BCUT2D eigenvalue weighted by atomic mass is 16.6. The number of H-pyrrole nitrogens is 1. The van der Waals surface area contributed by atoms with Crippen LogP contribution >= 0.6 is 0 Å². The molecule has 0 aliphatic carbocycles. The molecule has 0 saturated heterocycles. The van der Waals surface area contributed by atoms with Gasteiger partial charge in [-0.25, -0.2) is 9.78 Å². The number of nitro groups is 1. The monoisotopic (exact) mass is 283 g/mol. The molecule has 1 heterocycles. The number of rotatable bonds is 3. The van der Waals surface area contributed by atoms with Crippen LogP contribution in [-0.2, 0) is 0 Å². The van der Waals surface area contributed by atoms with Crippen LogP contribution in [0.4, 0.5) is 5.69 Å². The van der Waals surface area contributed by atoms with Gasteiger partial charge in [0.2, 0.25) is 0 Å². The van der Waals surface area contributed by atoms with Gasteiger partial charge in [-0.3, -0.25) is 10.1 Å². The van der Waals surface area contributed by atoms with E-state index < -0.39 is 10.9 Å². The molecule has 0 saturated carbocycles. The minimum Gasteiger partial charge on any atom is -0.478 e. The van der Waals surface area contributed by atoms with Gasteiger partial charge in [-0.05, 0) is 18.2 Å². The number of aromatic carboxylic acids is 1. The van der Waals surface area contributed by atoms with Crippen molar-refractivity contribution in [2.24, 2.45) is 0 Å². The van der Waals surface area contributed by atoms with Crippen LogP contribution in [0.5, 0.6) is 0 Å². The summed E-state index contributed by atoms with van der Waals surface area (Å²) in [6, 6.07) is 10.8. The summed E-state index contributed by atoms with van der Waals surface area (Å²) in [6.45, 7) is 0. The summed E-state index contributed by atoms with van der Waals surface area (Å²) < 4.78 is 0. The van der Waals surface area contributed by atoms with Gasteiger partial charge >= 0.3 is 5.97 Å². The zero-order valence-corrected chi connectivity index (χ0v) is 10.6. The quantitative estimate of drug-likeness (QED) is 0.567. The number of nitrogens with one attached hydrogen (secondary N) is 1. The van der Waals surface area contributed by atoms with E-state index in [0.29, 0.717) is 16.9 Å². The number of aromatic nitrogens is 2. The number of carboxylic acid groups (broad SMARTS) is 1. The summed E-state index contributed by atoms with van der Waals surface area (Å²) in [7, 11) is 0. The maximum Gasteiger partial charge on any atom is 0.335 e. The van der Waals surface area contributed by atoms with Crippen LogP contribution in [0.2, 0.25) is 0 Å². The normalized spacial score (nSPS) is 10.7. The summed E-state index contributed by atoms with van der Waals surface area (Å²) in [4.78, 5) is 28.5. The second kappa shape index (κ2) is 4.71. The number of nitro benzene ring substituents is 1. The number of hydrogen-bond donors (Lipinski definition) is 2. The average molecular weight is 283 g/mol. The number of fused-ring (bicyclic) bond motifs is 1. The number of nitrogens with zero attached hydrogens (tertiary/aromatic N) is 2. The van der Waals surface area contributed by atoms with Crippen molar-refractivity contribution < 1.29 is 14.8 Å². The Labute approximate surface area is 118 Å². The van der Waals surface area contributed by atoms with Gasteiger partial charge in [-0.15, -0.1) is 0 Å². The van der Waals surface area contributed by atoms with E-state index in [-0.39, 0.29) is 16.8 Å². The van der Waals surface area contributed by atoms with E-state index >= 15 is 0 Å². The van der Waals surface area contributed by atoms with Crippen molar-refractivity contribution in [1.29, 1.82) is 0 Å². The van der Waals surface area contributed by atoms with Crippen molar-refractivity contribution in [1.82, 2.24) is 9.97 Å². The molecule has 0 aliphatic heterocycles. The predicted octanol–water partition coefficient (Wildman–Crippen LogP) is 2.84. The van der Waals surface area contributed by atoms with Crippen LogP contribution in [0.1, 0.15) is 10.4 Å². The molecular weight excluding hydrogens is 274 g/mol. The molecule has 2 N–H and O–H groups in total. The topological polar surface area (TPSA) is 109 Å². The van der Waals surface area contributed by atoms with Crippen LogP contribution in [0.25, 0.3) is 22.4 Å². The van der Waals surface area contributed by atoms with Gasteiger partial charge in [0.1, 0.15) is 5.82 Å². The molecule has 0 unspecified atom stereocenters. The fourth-order valence-corrected chi connectivity index (χ4v) is 2.07. The standard InChI is InChI=1S/C14H9N3O4/c18-14(19)9-6-4-8(5-7-9)13-15-10-2-1-3-11(17(20)21)12(10)16-13/h1-7H,(H,15,16)(H,18,19). The van der Waals surface area contributed by atoms with Crippen LogP contribution < -0.4 is 0 Å². The lowest BCUT2D eigenvalue weighted by Gasteiger charge is -1.97. The molecule has 0 spiro atoms. The lowest BCUT2D eigenvalue weighted by Crippen LogP contribution is -1.95. The number of carbonyl (C=O) groups is 1. The number of benzene rings is 2. The van der Waals surface area contributed by atoms with Gasteiger partial charge in [0.05, 0.1) is 16.0 Å². The Morgan fingerprint density at radius 1 is 1.19 bits per heavy atom. The minimum absolute atomic E-state index is 0.0721. The SMILES string of the molecule is O=C(O)c1ccc(-c2nc3c([N+](=O)[O-])cccc3[nH]2)cc1. The fourth-order valence-electron chi connectivity index (χ4n) is 2.07. The van der Waals surface area contributed by atoms with Gasteiger partial charge in [0.15, 0.2) is 5.52 Å². The largest absolute Gasteiger partial charge is 0.478 e. The van der Waals surface area contributed by atoms with Crippen LogP contribution in [0.15, 0.2) is 42.5 Å². The van der Waals surface area contributed by atoms with Crippen molar-refractivity contribution in [2.45, 2.75) is 0 Å². The number of imidazole rings is 1. The molecule has 0 bridgehead atoms. The first-order valence-corrected chi connectivity index (χ1v) is 6.03. The molecule has 7 heteroatoms. The average Bonchev–Trinajstić information content (AvgIpc) is 2.90. The number of aromatic amines is 1. The van der Waals surface area contributed by atoms with Crippen LogP contribution in [0.3, 0.4) is 0 Å². The van der Waals surface area contributed by atoms with Crippen molar-refractivity contribution in [2.75, 3.05) is 0 Å². The fraction of sp³-hybridized carbons (Fsp3) is 0. The minimum atomic E-state index is -1.01. The summed E-state index contributed by atoms with van der Waals surface area (Å²) >= 11 is 0. The van der Waals surface area contributed by atoms with E-state index in [2.05, 4.69) is 9.97 Å². The third-order valence-electron chi connectivity index (χ3n) is 3.09. The molecule has 21 heavy (non-hydrogen) atoms. The molecule has 1 aromatic heterocycles. The maximum absolute atomic E-state index is 11.0. The van der Waals surface area contributed by atoms with Gasteiger partial charge in [0, 0.05) is 11.6 Å². The first kappa shape index (κ1) is 12.8. The lowest BCUT2D eigenvalue weighted by atomic mass is 10.1. The summed E-state index contributed by atoms with van der Waals surface area (Å²) in [6.07, 6.45) is 0. The van der Waals surface area contributed by atoms with Gasteiger partial charge in [-0.2, -0.15) is 0 Å². The molecule has 0 aliphatic rings. The Morgan fingerprint density at radius 3 is 2.52 bits per heavy atom. The number of non-ortho nitro benzene ring substituents is 1. The Hall–Kier alpha value is -3.22. The Bertz CT molecular complexity index is 852. The van der Waals surface area contributed by atoms with Gasteiger partial charge in [0.25, 0.3) is 5.69 Å². The third-order valence-corrected chi connectivity index (χ3v) is 3.09. The van der Waals surface area contributed by atoms with Crippen molar-refractivity contribution in [3.05, 3.63) is 58.1 Å². The second-order valence-electron chi connectivity index (χ2n) is 4.40. The van der Waals surface area contributed by atoms with Crippen molar-refractivity contribution in [3.63, 3.8) is 0 Å². The smallest absolute Gasteiger partial charge is 0.335 e. The van der Waals surface area contributed by atoms with Gasteiger partial charge < -0.3 is 10.1 Å². The Morgan fingerprint density at radius 2 is 1.90 bits per heavy atom. The molecule has 7 nitrogen and oxygen atoms in total. The molecular formula is C14H9N3O4. The highest BCUT2D eigenvalue weighted by Crippen LogP contribution is 2.27. The number of hydrogen-bond acceptors (Lipinski definition) is 4. The summed E-state index contributed by atoms with van der Waals surface area (Å²) in [5, 5.41) is 19.8. The Kier molecular flexibility index (Phi) is 2.87. The molecule has 0 fully saturated rings. The van der Waals surface area contributed by atoms with Crippen LogP contribution in [-0.4, -0.2) is 26.0 Å². The highest BCUT2D eigenvalue weighted by molar-refractivity contribution is 5.89. The van der Waals surface area contributed by atoms with Crippen molar-refractivity contribution in [3.8, 4) is 11.4 Å². The molecule has 104 valence electrons. The molecule has 2 aromatic carbocycles. The highest BCUT2D eigenvalue weighted by Gasteiger charge is 2.16. The van der Waals surface area contributed by atoms with E-state index in [1.165, 1.54) is 18.2 Å². The van der Waals surface area contributed by atoms with Crippen LogP contribution in [0, 0.1) is 10.1 Å². The molecule has 0 amide bonds. The number of carboxylic acids is 1. The number of para-hydroxylation sites is 1. The first-order chi connectivity index (χ1) is 10.1. The first-order valence-electron chi connectivity index (χ1n) is 6.03. The molecule has 3 rings (SSSR count).